The van der Waals surface area contributed by atoms with E-state index in [-0.39, 0.29) is 0 Å². The van der Waals surface area contributed by atoms with Crippen LogP contribution in [0.15, 0.2) is 73.2 Å². The minimum atomic E-state index is -0.565. The first kappa shape index (κ1) is 17.1. The van der Waals surface area contributed by atoms with Crippen LogP contribution in [-0.2, 0) is 13.2 Å². The van der Waals surface area contributed by atoms with Gasteiger partial charge in [-0.05, 0) is 35.9 Å². The van der Waals surface area contributed by atoms with Crippen molar-refractivity contribution in [3.05, 3.63) is 90.0 Å². The molecule has 2 heterocycles. The number of para-hydroxylation sites is 1. The normalized spacial score (nSPS) is 11.9. The summed E-state index contributed by atoms with van der Waals surface area (Å²) in [6, 6.07) is 17.3. The van der Waals surface area contributed by atoms with Gasteiger partial charge in [0, 0.05) is 37.2 Å². The van der Waals surface area contributed by atoms with Crippen molar-refractivity contribution in [3.8, 4) is 5.75 Å². The van der Waals surface area contributed by atoms with Crippen LogP contribution < -0.4 is 10.1 Å². The molecule has 5 nitrogen and oxygen atoms in total. The lowest BCUT2D eigenvalue weighted by atomic mass is 10.1. The highest BCUT2D eigenvalue weighted by molar-refractivity contribution is 5.33. The minimum absolute atomic E-state index is 0.428. The Morgan fingerprint density at radius 3 is 2.56 bits per heavy atom. The fourth-order valence-electron chi connectivity index (χ4n) is 2.47. The first-order valence-electron chi connectivity index (χ1n) is 8.22. The van der Waals surface area contributed by atoms with E-state index < -0.39 is 6.10 Å². The van der Waals surface area contributed by atoms with Crippen molar-refractivity contribution < 1.29 is 9.84 Å². The molecule has 0 fully saturated rings. The van der Waals surface area contributed by atoms with Crippen molar-refractivity contribution in [2.45, 2.75) is 19.3 Å². The van der Waals surface area contributed by atoms with Gasteiger partial charge in [0.2, 0.25) is 0 Å². The Morgan fingerprint density at radius 2 is 1.76 bits per heavy atom. The molecule has 0 aliphatic heterocycles. The smallest absolute Gasteiger partial charge is 0.130 e. The summed E-state index contributed by atoms with van der Waals surface area (Å²) in [5.74, 6) is 0.819. The molecule has 0 amide bonds. The van der Waals surface area contributed by atoms with E-state index >= 15 is 0 Å². The molecule has 5 heteroatoms. The molecule has 1 unspecified atom stereocenters. The number of aliphatic hydroxyl groups excluding tert-OH is 1. The van der Waals surface area contributed by atoms with E-state index in [1.165, 1.54) is 0 Å². The number of pyridine rings is 2. The largest absolute Gasteiger partial charge is 0.487 e. The van der Waals surface area contributed by atoms with Gasteiger partial charge in [0.1, 0.15) is 12.4 Å². The second kappa shape index (κ2) is 8.92. The Bertz CT molecular complexity index is 766. The average molecular weight is 335 g/mol. The molecule has 0 aliphatic carbocycles. The molecular formula is C20H21N3O2. The average Bonchev–Trinajstić information content (AvgIpc) is 2.68. The summed E-state index contributed by atoms with van der Waals surface area (Å²) in [5, 5.41) is 13.5. The van der Waals surface area contributed by atoms with E-state index in [0.29, 0.717) is 19.7 Å². The number of aromatic nitrogens is 2. The number of aliphatic hydroxyl groups is 1. The fraction of sp³-hybridized carbons (Fsp3) is 0.200. The third-order valence-corrected chi connectivity index (χ3v) is 3.82. The molecule has 0 spiro atoms. The van der Waals surface area contributed by atoms with Crippen LogP contribution in [0, 0.1) is 0 Å². The third-order valence-electron chi connectivity index (χ3n) is 3.82. The molecule has 0 bridgehead atoms. The minimum Gasteiger partial charge on any atom is -0.487 e. The lowest BCUT2D eigenvalue weighted by Crippen LogP contribution is -2.21. The Kier molecular flexibility index (Phi) is 6.09. The maximum absolute atomic E-state index is 10.2. The molecule has 0 radical (unpaired) electrons. The van der Waals surface area contributed by atoms with Gasteiger partial charge in [0.05, 0.1) is 11.8 Å². The lowest BCUT2D eigenvalue weighted by Gasteiger charge is -2.14. The summed E-state index contributed by atoms with van der Waals surface area (Å²) in [5.41, 5.74) is 2.78. The van der Waals surface area contributed by atoms with Crippen LogP contribution in [0.3, 0.4) is 0 Å². The monoisotopic (exact) mass is 335 g/mol. The fourth-order valence-corrected chi connectivity index (χ4v) is 2.47. The summed E-state index contributed by atoms with van der Waals surface area (Å²) >= 11 is 0. The molecule has 0 saturated carbocycles. The zero-order valence-corrected chi connectivity index (χ0v) is 13.9. The molecule has 25 heavy (non-hydrogen) atoms. The van der Waals surface area contributed by atoms with Crippen molar-refractivity contribution in [2.75, 3.05) is 6.54 Å². The zero-order valence-electron chi connectivity index (χ0n) is 13.9. The number of nitrogens with zero attached hydrogens (tertiary/aromatic N) is 2. The van der Waals surface area contributed by atoms with Crippen molar-refractivity contribution in [1.29, 1.82) is 0 Å². The Labute approximate surface area is 147 Å². The van der Waals surface area contributed by atoms with Crippen LogP contribution in [0.1, 0.15) is 22.9 Å². The topological polar surface area (TPSA) is 67.3 Å². The van der Waals surface area contributed by atoms with Gasteiger partial charge < -0.3 is 15.2 Å². The molecular weight excluding hydrogens is 314 g/mol. The van der Waals surface area contributed by atoms with Crippen molar-refractivity contribution >= 4 is 0 Å². The summed E-state index contributed by atoms with van der Waals surface area (Å²) in [7, 11) is 0. The first-order valence-corrected chi connectivity index (χ1v) is 8.22. The highest BCUT2D eigenvalue weighted by Crippen LogP contribution is 2.19. The predicted octanol–water partition coefficient (Wildman–Crippen LogP) is 2.88. The van der Waals surface area contributed by atoms with Crippen LogP contribution in [0.4, 0.5) is 0 Å². The number of nitrogens with one attached hydrogen (secondary N) is 1. The summed E-state index contributed by atoms with van der Waals surface area (Å²) < 4.78 is 5.89. The number of benzene rings is 1. The standard InChI is InChI=1S/C20H21N3O2/c24-19(16-8-11-21-12-9-16)14-22-13-17-5-1-2-7-20(17)25-15-18-6-3-4-10-23-18/h1-12,19,22,24H,13-15H2. The number of hydrogen-bond acceptors (Lipinski definition) is 5. The quantitative estimate of drug-likeness (QED) is 0.662. The molecule has 128 valence electrons. The zero-order chi connectivity index (χ0) is 17.3. The van der Waals surface area contributed by atoms with Gasteiger partial charge in [-0.2, -0.15) is 0 Å². The number of ether oxygens (including phenoxy) is 1. The molecule has 0 aliphatic rings. The van der Waals surface area contributed by atoms with Crippen LogP contribution >= 0.6 is 0 Å². The number of hydrogen-bond donors (Lipinski definition) is 2. The Morgan fingerprint density at radius 1 is 0.960 bits per heavy atom. The van der Waals surface area contributed by atoms with E-state index in [2.05, 4.69) is 15.3 Å². The van der Waals surface area contributed by atoms with E-state index in [4.69, 9.17) is 4.74 Å². The predicted molar refractivity (Wildman–Crippen MR) is 95.9 cm³/mol. The first-order chi connectivity index (χ1) is 12.3. The highest BCUT2D eigenvalue weighted by Gasteiger charge is 2.08. The summed E-state index contributed by atoms with van der Waals surface area (Å²) in [4.78, 5) is 8.22. The SMILES string of the molecule is OC(CNCc1ccccc1OCc1ccccn1)c1ccncc1. The third kappa shape index (κ3) is 5.11. The van der Waals surface area contributed by atoms with Crippen LogP contribution in [0.25, 0.3) is 0 Å². The van der Waals surface area contributed by atoms with Gasteiger partial charge in [-0.25, -0.2) is 0 Å². The highest BCUT2D eigenvalue weighted by atomic mass is 16.5. The number of rotatable bonds is 8. The van der Waals surface area contributed by atoms with Gasteiger partial charge in [-0.1, -0.05) is 24.3 Å². The van der Waals surface area contributed by atoms with E-state index in [1.54, 1.807) is 18.6 Å². The van der Waals surface area contributed by atoms with Gasteiger partial charge in [-0.15, -0.1) is 0 Å². The molecule has 2 N–H and O–H groups in total. The second-order valence-electron chi connectivity index (χ2n) is 5.64. The Balaban J connectivity index is 1.54. The molecule has 3 aromatic rings. The van der Waals surface area contributed by atoms with E-state index in [0.717, 1.165) is 22.6 Å². The van der Waals surface area contributed by atoms with Crippen molar-refractivity contribution in [1.82, 2.24) is 15.3 Å². The molecule has 0 saturated heterocycles. The van der Waals surface area contributed by atoms with Crippen LogP contribution in [0.5, 0.6) is 5.75 Å². The maximum atomic E-state index is 10.2. The van der Waals surface area contributed by atoms with Crippen molar-refractivity contribution in [2.24, 2.45) is 0 Å². The molecule has 2 aromatic heterocycles. The lowest BCUT2D eigenvalue weighted by molar-refractivity contribution is 0.174. The van der Waals surface area contributed by atoms with E-state index in [9.17, 15) is 5.11 Å². The molecule has 1 atom stereocenters. The second-order valence-corrected chi connectivity index (χ2v) is 5.64. The summed E-state index contributed by atoms with van der Waals surface area (Å²) in [6.45, 7) is 1.50. The summed E-state index contributed by atoms with van der Waals surface area (Å²) in [6.07, 6.45) is 4.55. The molecule has 1 aromatic carbocycles. The van der Waals surface area contributed by atoms with Gasteiger partial charge in [0.25, 0.3) is 0 Å². The molecule has 3 rings (SSSR count). The van der Waals surface area contributed by atoms with Crippen LogP contribution in [0.2, 0.25) is 0 Å². The van der Waals surface area contributed by atoms with Crippen molar-refractivity contribution in [3.63, 3.8) is 0 Å². The Hall–Kier alpha value is -2.76. The van der Waals surface area contributed by atoms with Gasteiger partial charge in [0.15, 0.2) is 0 Å². The van der Waals surface area contributed by atoms with E-state index in [1.807, 2.05) is 54.6 Å². The van der Waals surface area contributed by atoms with Gasteiger partial charge >= 0.3 is 0 Å². The maximum Gasteiger partial charge on any atom is 0.130 e. The van der Waals surface area contributed by atoms with Crippen LogP contribution in [-0.4, -0.2) is 21.6 Å². The van der Waals surface area contributed by atoms with Gasteiger partial charge in [-0.3, -0.25) is 9.97 Å².